The highest BCUT2D eigenvalue weighted by Crippen LogP contribution is 2.29. The molecule has 1 N–H and O–H groups in total. The molecule has 0 aliphatic carbocycles. The SMILES string of the molecule is O=C(N[C@@H]1CCS(=O)(=O)C1)C1CCN(c2nccc(C(F)(F)F)n2)CC1. The number of carbonyl (C=O) groups is 1. The summed E-state index contributed by atoms with van der Waals surface area (Å²) in [5.74, 6) is -0.434. The lowest BCUT2D eigenvalue weighted by atomic mass is 9.95. The summed E-state index contributed by atoms with van der Waals surface area (Å²) in [5, 5.41) is 2.77. The third-order valence-corrected chi connectivity index (χ3v) is 6.43. The number of amides is 1. The van der Waals surface area contributed by atoms with Crippen LogP contribution < -0.4 is 10.2 Å². The molecule has 3 heterocycles. The summed E-state index contributed by atoms with van der Waals surface area (Å²) in [7, 11) is -3.06. The van der Waals surface area contributed by atoms with Crippen molar-refractivity contribution in [2.75, 3.05) is 29.5 Å². The van der Waals surface area contributed by atoms with Gasteiger partial charge >= 0.3 is 6.18 Å². The Balaban J connectivity index is 1.55. The Bertz CT molecular complexity index is 777. The Labute approximate surface area is 148 Å². The van der Waals surface area contributed by atoms with Crippen LogP contribution in [0.5, 0.6) is 0 Å². The number of rotatable bonds is 3. The van der Waals surface area contributed by atoms with Gasteiger partial charge in [0.15, 0.2) is 9.84 Å². The maximum absolute atomic E-state index is 12.7. The quantitative estimate of drug-likeness (QED) is 0.826. The number of nitrogens with one attached hydrogen (secondary N) is 1. The summed E-state index contributed by atoms with van der Waals surface area (Å²) in [6.07, 6.45) is -2.14. The summed E-state index contributed by atoms with van der Waals surface area (Å²) in [4.78, 5) is 21.4. The van der Waals surface area contributed by atoms with E-state index in [4.69, 9.17) is 0 Å². The minimum Gasteiger partial charge on any atom is -0.352 e. The van der Waals surface area contributed by atoms with Crippen LogP contribution in [-0.2, 0) is 20.8 Å². The van der Waals surface area contributed by atoms with Crippen LogP contribution in [0.25, 0.3) is 0 Å². The molecule has 1 aromatic heterocycles. The van der Waals surface area contributed by atoms with E-state index in [0.717, 1.165) is 12.3 Å². The van der Waals surface area contributed by atoms with Gasteiger partial charge in [-0.25, -0.2) is 18.4 Å². The van der Waals surface area contributed by atoms with Gasteiger partial charge in [0.1, 0.15) is 5.69 Å². The topological polar surface area (TPSA) is 92.3 Å². The highest BCUT2D eigenvalue weighted by molar-refractivity contribution is 7.91. The van der Waals surface area contributed by atoms with Crippen molar-refractivity contribution in [1.82, 2.24) is 15.3 Å². The Morgan fingerprint density at radius 2 is 1.92 bits per heavy atom. The van der Waals surface area contributed by atoms with Gasteiger partial charge in [-0.05, 0) is 25.3 Å². The lowest BCUT2D eigenvalue weighted by Crippen LogP contribution is -2.44. The second-order valence-electron chi connectivity index (χ2n) is 6.61. The van der Waals surface area contributed by atoms with Gasteiger partial charge in [-0.3, -0.25) is 4.79 Å². The van der Waals surface area contributed by atoms with E-state index in [-0.39, 0.29) is 35.3 Å². The first-order valence-corrected chi connectivity index (χ1v) is 10.1. The van der Waals surface area contributed by atoms with Crippen molar-refractivity contribution in [2.45, 2.75) is 31.5 Å². The first-order chi connectivity index (χ1) is 12.1. The number of sulfone groups is 1. The molecule has 2 aliphatic rings. The molecule has 0 radical (unpaired) electrons. The number of alkyl halides is 3. The fourth-order valence-corrected chi connectivity index (χ4v) is 4.90. The molecule has 0 saturated carbocycles. The van der Waals surface area contributed by atoms with Gasteiger partial charge in [0, 0.05) is 31.2 Å². The molecule has 1 amide bonds. The van der Waals surface area contributed by atoms with Crippen molar-refractivity contribution in [1.29, 1.82) is 0 Å². The molecular weight excluding hydrogens is 373 g/mol. The fraction of sp³-hybridized carbons (Fsp3) is 0.667. The average molecular weight is 392 g/mol. The van der Waals surface area contributed by atoms with E-state index >= 15 is 0 Å². The average Bonchev–Trinajstić information content (AvgIpc) is 2.93. The van der Waals surface area contributed by atoms with Crippen molar-refractivity contribution in [3.8, 4) is 0 Å². The minimum atomic E-state index is -4.53. The number of hydrogen-bond donors (Lipinski definition) is 1. The molecule has 2 saturated heterocycles. The lowest BCUT2D eigenvalue weighted by Gasteiger charge is -2.32. The Hall–Kier alpha value is -1.91. The van der Waals surface area contributed by atoms with E-state index in [0.29, 0.717) is 32.4 Å². The smallest absolute Gasteiger partial charge is 0.352 e. The Morgan fingerprint density at radius 1 is 1.23 bits per heavy atom. The number of nitrogens with zero attached hydrogens (tertiary/aromatic N) is 3. The molecule has 0 bridgehead atoms. The van der Waals surface area contributed by atoms with E-state index < -0.39 is 21.7 Å². The van der Waals surface area contributed by atoms with Crippen LogP contribution in [-0.4, -0.2) is 54.9 Å². The van der Waals surface area contributed by atoms with E-state index in [2.05, 4.69) is 15.3 Å². The highest BCUT2D eigenvalue weighted by atomic mass is 32.2. The van der Waals surface area contributed by atoms with Gasteiger partial charge in [0.05, 0.1) is 11.5 Å². The molecule has 1 atom stereocenters. The van der Waals surface area contributed by atoms with Crippen LogP contribution in [0.4, 0.5) is 19.1 Å². The molecule has 11 heteroatoms. The molecule has 7 nitrogen and oxygen atoms in total. The van der Waals surface area contributed by atoms with Gasteiger partial charge in [-0.15, -0.1) is 0 Å². The summed E-state index contributed by atoms with van der Waals surface area (Å²) < 4.78 is 61.1. The second-order valence-corrected chi connectivity index (χ2v) is 8.84. The van der Waals surface area contributed by atoms with Gasteiger partial charge in [-0.1, -0.05) is 0 Å². The lowest BCUT2D eigenvalue weighted by molar-refractivity contribution is -0.141. The molecular formula is C15H19F3N4O3S. The van der Waals surface area contributed by atoms with E-state index in [1.807, 2.05) is 0 Å². The molecule has 144 valence electrons. The fourth-order valence-electron chi connectivity index (χ4n) is 3.23. The monoisotopic (exact) mass is 392 g/mol. The maximum atomic E-state index is 12.7. The highest BCUT2D eigenvalue weighted by Gasteiger charge is 2.35. The molecule has 3 rings (SSSR count). The number of halogens is 3. The molecule has 1 aromatic rings. The first kappa shape index (κ1) is 18.9. The van der Waals surface area contributed by atoms with Crippen LogP contribution in [0.2, 0.25) is 0 Å². The minimum absolute atomic E-state index is 0.000527. The summed E-state index contributed by atoms with van der Waals surface area (Å²) in [6, 6.07) is 0.469. The van der Waals surface area contributed by atoms with Crippen LogP contribution in [0.15, 0.2) is 12.3 Å². The number of hydrogen-bond acceptors (Lipinski definition) is 6. The molecule has 2 aliphatic heterocycles. The molecule has 26 heavy (non-hydrogen) atoms. The van der Waals surface area contributed by atoms with Crippen LogP contribution in [0, 0.1) is 5.92 Å². The van der Waals surface area contributed by atoms with Crippen LogP contribution in [0.3, 0.4) is 0 Å². The molecule has 2 fully saturated rings. The largest absolute Gasteiger partial charge is 0.433 e. The summed E-state index contributed by atoms with van der Waals surface area (Å²) in [6.45, 7) is 0.727. The molecule has 0 unspecified atom stereocenters. The van der Waals surface area contributed by atoms with Crippen molar-refractivity contribution >= 4 is 21.7 Å². The number of aromatic nitrogens is 2. The first-order valence-electron chi connectivity index (χ1n) is 8.30. The number of piperidine rings is 1. The van der Waals surface area contributed by atoms with Crippen LogP contribution in [0.1, 0.15) is 25.0 Å². The van der Waals surface area contributed by atoms with E-state index in [1.54, 1.807) is 4.90 Å². The van der Waals surface area contributed by atoms with Crippen LogP contribution >= 0.6 is 0 Å². The zero-order valence-corrected chi connectivity index (χ0v) is 14.7. The number of carbonyl (C=O) groups excluding carboxylic acids is 1. The van der Waals surface area contributed by atoms with Gasteiger partial charge in [0.25, 0.3) is 0 Å². The Kier molecular flexibility index (Phi) is 5.09. The van der Waals surface area contributed by atoms with Gasteiger partial charge < -0.3 is 10.2 Å². The molecule has 0 spiro atoms. The van der Waals surface area contributed by atoms with Gasteiger partial charge in [0.2, 0.25) is 11.9 Å². The second kappa shape index (κ2) is 7.01. The number of anilines is 1. The third kappa shape index (κ3) is 4.43. The summed E-state index contributed by atoms with van der Waals surface area (Å²) >= 11 is 0. The predicted octanol–water partition coefficient (Wildman–Crippen LogP) is 1.02. The standard InChI is InChI=1S/C15H19F3N4O3S/c16-15(17,18)12-1-5-19-14(21-12)22-6-2-10(3-7-22)13(23)20-11-4-8-26(24,25)9-11/h1,5,10-11H,2-4,6-9H2,(H,20,23)/t11-/m1/s1. The van der Waals surface area contributed by atoms with E-state index in [9.17, 15) is 26.4 Å². The van der Waals surface area contributed by atoms with Crippen molar-refractivity contribution < 1.29 is 26.4 Å². The normalized spacial score (nSPS) is 23.8. The molecule has 0 aromatic carbocycles. The predicted molar refractivity (Wildman–Crippen MR) is 87.2 cm³/mol. The van der Waals surface area contributed by atoms with Crippen molar-refractivity contribution in [3.05, 3.63) is 18.0 Å². The van der Waals surface area contributed by atoms with Crippen molar-refractivity contribution in [3.63, 3.8) is 0 Å². The summed E-state index contributed by atoms with van der Waals surface area (Å²) in [5.41, 5.74) is -0.996. The third-order valence-electron chi connectivity index (χ3n) is 4.66. The van der Waals surface area contributed by atoms with Gasteiger partial charge in [-0.2, -0.15) is 13.2 Å². The van der Waals surface area contributed by atoms with Crippen molar-refractivity contribution in [2.24, 2.45) is 5.92 Å². The zero-order chi connectivity index (χ0) is 18.9. The van der Waals surface area contributed by atoms with E-state index in [1.165, 1.54) is 0 Å². The zero-order valence-electron chi connectivity index (χ0n) is 13.9. The Morgan fingerprint density at radius 3 is 2.50 bits per heavy atom. The maximum Gasteiger partial charge on any atom is 0.433 e.